The molecule has 19 heavy (non-hydrogen) atoms. The summed E-state index contributed by atoms with van der Waals surface area (Å²) in [5.74, 6) is 1.51. The first-order valence-electron chi connectivity index (χ1n) is 7.35. The third-order valence-electron chi connectivity index (χ3n) is 4.12. The highest BCUT2D eigenvalue weighted by Gasteiger charge is 2.30. The van der Waals surface area contributed by atoms with Crippen LogP contribution < -0.4 is 10.5 Å². The van der Waals surface area contributed by atoms with Crippen molar-refractivity contribution in [1.82, 2.24) is 0 Å². The molecule has 1 aliphatic rings. The zero-order valence-electron chi connectivity index (χ0n) is 11.6. The second kappa shape index (κ2) is 6.90. The summed E-state index contributed by atoms with van der Waals surface area (Å²) in [6.07, 6.45) is 6.02. The fourth-order valence-corrected chi connectivity index (χ4v) is 3.07. The predicted molar refractivity (Wildman–Crippen MR) is 75.6 cm³/mol. The van der Waals surface area contributed by atoms with Crippen LogP contribution in [0.1, 0.15) is 39.0 Å². The molecular formula is C16H24FNO. The molecule has 0 radical (unpaired) electrons. The summed E-state index contributed by atoms with van der Waals surface area (Å²) >= 11 is 0. The van der Waals surface area contributed by atoms with E-state index in [1.165, 1.54) is 31.4 Å². The van der Waals surface area contributed by atoms with Gasteiger partial charge in [-0.05, 0) is 43.9 Å². The number of hydrogen-bond acceptors (Lipinski definition) is 2. The molecule has 1 aliphatic carbocycles. The molecule has 2 rings (SSSR count). The average Bonchev–Trinajstić information content (AvgIpc) is 2.39. The van der Waals surface area contributed by atoms with Crippen LogP contribution in [0.15, 0.2) is 24.3 Å². The monoisotopic (exact) mass is 265 g/mol. The van der Waals surface area contributed by atoms with Crippen LogP contribution in [0.2, 0.25) is 0 Å². The van der Waals surface area contributed by atoms with E-state index >= 15 is 0 Å². The fraction of sp³-hybridized carbons (Fsp3) is 0.625. The lowest BCUT2D eigenvalue weighted by Crippen LogP contribution is -2.38. The Morgan fingerprint density at radius 2 is 2.21 bits per heavy atom. The number of halogens is 1. The van der Waals surface area contributed by atoms with Crippen molar-refractivity contribution in [3.05, 3.63) is 30.1 Å². The van der Waals surface area contributed by atoms with Gasteiger partial charge in [-0.1, -0.05) is 25.8 Å². The highest BCUT2D eigenvalue weighted by Crippen LogP contribution is 2.34. The van der Waals surface area contributed by atoms with Crippen molar-refractivity contribution in [2.75, 3.05) is 6.54 Å². The van der Waals surface area contributed by atoms with Gasteiger partial charge in [0, 0.05) is 12.0 Å². The number of rotatable bonds is 5. The number of hydrogen-bond donors (Lipinski definition) is 1. The summed E-state index contributed by atoms with van der Waals surface area (Å²) < 4.78 is 19.2. The van der Waals surface area contributed by atoms with Crippen LogP contribution in [0.25, 0.3) is 0 Å². The van der Waals surface area contributed by atoms with Crippen molar-refractivity contribution in [3.8, 4) is 5.75 Å². The lowest BCUT2D eigenvalue weighted by atomic mass is 9.78. The summed E-state index contributed by atoms with van der Waals surface area (Å²) in [6, 6.07) is 6.40. The Kier molecular flexibility index (Phi) is 5.20. The van der Waals surface area contributed by atoms with Crippen molar-refractivity contribution in [3.63, 3.8) is 0 Å². The van der Waals surface area contributed by atoms with Crippen LogP contribution in [-0.4, -0.2) is 12.6 Å². The van der Waals surface area contributed by atoms with E-state index in [0.717, 1.165) is 18.8 Å². The zero-order valence-corrected chi connectivity index (χ0v) is 11.6. The van der Waals surface area contributed by atoms with E-state index in [-0.39, 0.29) is 11.9 Å². The van der Waals surface area contributed by atoms with Crippen LogP contribution in [0.3, 0.4) is 0 Å². The lowest BCUT2D eigenvalue weighted by Gasteiger charge is -2.35. The third kappa shape index (κ3) is 3.93. The molecule has 2 N–H and O–H groups in total. The van der Waals surface area contributed by atoms with Crippen LogP contribution in [0.5, 0.6) is 5.75 Å². The van der Waals surface area contributed by atoms with E-state index in [0.29, 0.717) is 18.2 Å². The van der Waals surface area contributed by atoms with Crippen molar-refractivity contribution in [1.29, 1.82) is 0 Å². The van der Waals surface area contributed by atoms with Crippen LogP contribution >= 0.6 is 0 Å². The summed E-state index contributed by atoms with van der Waals surface area (Å²) in [5, 5.41) is 0. The van der Waals surface area contributed by atoms with Crippen molar-refractivity contribution >= 4 is 0 Å². The number of nitrogens with two attached hydrogens (primary N) is 1. The smallest absolute Gasteiger partial charge is 0.126 e. The zero-order chi connectivity index (χ0) is 13.7. The molecule has 1 fully saturated rings. The molecule has 0 spiro atoms. The first-order chi connectivity index (χ1) is 9.22. The minimum Gasteiger partial charge on any atom is -0.490 e. The van der Waals surface area contributed by atoms with Crippen molar-refractivity contribution in [2.45, 2.75) is 45.1 Å². The van der Waals surface area contributed by atoms with Gasteiger partial charge < -0.3 is 10.5 Å². The van der Waals surface area contributed by atoms with Gasteiger partial charge in [0.2, 0.25) is 0 Å². The van der Waals surface area contributed by atoms with E-state index in [4.69, 9.17) is 10.5 Å². The normalized spacial score (nSPS) is 27.2. The minimum absolute atomic E-state index is 0.136. The number of benzene rings is 1. The first-order valence-corrected chi connectivity index (χ1v) is 7.35. The van der Waals surface area contributed by atoms with Gasteiger partial charge in [0.05, 0.1) is 0 Å². The Hall–Kier alpha value is -1.09. The molecule has 0 aliphatic heterocycles. The van der Waals surface area contributed by atoms with Crippen LogP contribution in [0, 0.1) is 17.7 Å². The van der Waals surface area contributed by atoms with Gasteiger partial charge in [0.15, 0.2) is 0 Å². The Bertz CT molecular complexity index is 396. The maximum atomic E-state index is 13.2. The Balaban J connectivity index is 2.01. The SMILES string of the molecule is CCCC1CCC(CN)C(Oc2cccc(F)c2)C1. The number of ether oxygens (including phenoxy) is 1. The molecule has 3 heteroatoms. The van der Waals surface area contributed by atoms with Gasteiger partial charge in [0.1, 0.15) is 17.7 Å². The van der Waals surface area contributed by atoms with Gasteiger partial charge >= 0.3 is 0 Å². The highest BCUT2D eigenvalue weighted by molar-refractivity contribution is 5.22. The lowest BCUT2D eigenvalue weighted by molar-refractivity contribution is 0.0666. The molecule has 0 amide bonds. The van der Waals surface area contributed by atoms with E-state index in [9.17, 15) is 4.39 Å². The fourth-order valence-electron chi connectivity index (χ4n) is 3.07. The Morgan fingerprint density at radius 1 is 1.37 bits per heavy atom. The standard InChI is InChI=1S/C16H24FNO/c1-2-4-12-7-8-13(11-18)16(9-12)19-15-6-3-5-14(17)10-15/h3,5-6,10,12-13,16H,2,4,7-9,11,18H2,1H3. The predicted octanol–water partition coefficient (Wildman–Crippen LogP) is 3.75. The summed E-state index contributed by atoms with van der Waals surface area (Å²) in [4.78, 5) is 0. The van der Waals surface area contributed by atoms with E-state index < -0.39 is 0 Å². The quantitative estimate of drug-likeness (QED) is 0.880. The maximum Gasteiger partial charge on any atom is 0.126 e. The molecule has 0 bridgehead atoms. The molecule has 1 aromatic carbocycles. The molecule has 0 heterocycles. The van der Waals surface area contributed by atoms with Crippen molar-refractivity contribution in [2.24, 2.45) is 17.6 Å². The molecule has 0 aromatic heterocycles. The summed E-state index contributed by atoms with van der Waals surface area (Å²) in [7, 11) is 0. The maximum absolute atomic E-state index is 13.2. The Labute approximate surface area is 115 Å². The largest absolute Gasteiger partial charge is 0.490 e. The van der Waals surface area contributed by atoms with Gasteiger partial charge in [-0.15, -0.1) is 0 Å². The van der Waals surface area contributed by atoms with Gasteiger partial charge in [-0.2, -0.15) is 0 Å². The summed E-state index contributed by atoms with van der Waals surface area (Å²) in [5.41, 5.74) is 5.84. The van der Waals surface area contributed by atoms with Crippen LogP contribution in [-0.2, 0) is 0 Å². The van der Waals surface area contributed by atoms with E-state index in [1.807, 2.05) is 6.07 Å². The molecule has 3 unspecified atom stereocenters. The van der Waals surface area contributed by atoms with Crippen LogP contribution in [0.4, 0.5) is 4.39 Å². The molecule has 0 saturated heterocycles. The molecular weight excluding hydrogens is 241 g/mol. The second-order valence-corrected chi connectivity index (χ2v) is 5.58. The van der Waals surface area contributed by atoms with Gasteiger partial charge in [-0.25, -0.2) is 4.39 Å². The molecule has 106 valence electrons. The molecule has 1 saturated carbocycles. The van der Waals surface area contributed by atoms with Gasteiger partial charge in [0.25, 0.3) is 0 Å². The van der Waals surface area contributed by atoms with Crippen molar-refractivity contribution < 1.29 is 9.13 Å². The van der Waals surface area contributed by atoms with E-state index in [1.54, 1.807) is 6.07 Å². The molecule has 3 atom stereocenters. The average molecular weight is 265 g/mol. The van der Waals surface area contributed by atoms with Gasteiger partial charge in [-0.3, -0.25) is 0 Å². The topological polar surface area (TPSA) is 35.2 Å². The Morgan fingerprint density at radius 3 is 2.89 bits per heavy atom. The second-order valence-electron chi connectivity index (χ2n) is 5.58. The van der Waals surface area contributed by atoms with E-state index in [2.05, 4.69) is 6.92 Å². The molecule has 2 nitrogen and oxygen atoms in total. The molecule has 1 aromatic rings. The first kappa shape index (κ1) is 14.3. The third-order valence-corrected chi connectivity index (χ3v) is 4.12. The highest BCUT2D eigenvalue weighted by atomic mass is 19.1. The summed E-state index contributed by atoms with van der Waals surface area (Å²) in [6.45, 7) is 2.87. The minimum atomic E-state index is -0.247.